The Bertz CT molecular complexity index is 621. The summed E-state index contributed by atoms with van der Waals surface area (Å²) in [7, 11) is 0. The number of carbonyl (C=O) groups is 1. The van der Waals surface area contributed by atoms with Gasteiger partial charge in [-0.2, -0.15) is 5.10 Å². The number of aromatic amines is 1. The number of hydrogen-bond acceptors (Lipinski definition) is 2. The Morgan fingerprint density at radius 1 is 1.37 bits per heavy atom. The summed E-state index contributed by atoms with van der Waals surface area (Å²) in [5.41, 5.74) is 3.92. The number of H-pyrrole nitrogens is 1. The number of rotatable bonds is 1. The number of amides is 1. The van der Waals surface area contributed by atoms with Crippen LogP contribution in [0.4, 0.5) is 4.79 Å². The van der Waals surface area contributed by atoms with Crippen LogP contribution < -0.4 is 0 Å². The summed E-state index contributed by atoms with van der Waals surface area (Å²) in [6, 6.07) is 8.07. The van der Waals surface area contributed by atoms with E-state index in [4.69, 9.17) is 5.11 Å². The first-order valence-corrected chi connectivity index (χ1v) is 7.03. The molecule has 1 amide bonds. The molecule has 1 aromatic heterocycles. The van der Waals surface area contributed by atoms with Gasteiger partial charge in [0.25, 0.3) is 0 Å². The Labute approximate surface area is 123 Å². The predicted molar refractivity (Wildman–Crippen MR) is 78.9 cm³/mol. The molecular formula is C13H12IN3O2. The number of hydrogen-bond donors (Lipinski definition) is 2. The van der Waals surface area contributed by atoms with E-state index in [0.29, 0.717) is 19.5 Å². The van der Waals surface area contributed by atoms with Crippen molar-refractivity contribution in [1.29, 1.82) is 0 Å². The van der Waals surface area contributed by atoms with Crippen LogP contribution >= 0.6 is 22.6 Å². The Kier molecular flexibility index (Phi) is 3.17. The zero-order valence-corrected chi connectivity index (χ0v) is 12.2. The molecule has 0 unspecified atom stereocenters. The van der Waals surface area contributed by atoms with Gasteiger partial charge in [-0.05, 0) is 34.7 Å². The molecule has 0 saturated heterocycles. The van der Waals surface area contributed by atoms with Gasteiger partial charge in [-0.15, -0.1) is 0 Å². The standard InChI is InChI=1S/C13H12IN3O2/c14-9-3-1-8(2-4-9)12-10-7-17(13(18)19)6-5-11(10)15-16-12/h1-4H,5-7H2,(H,15,16)(H,18,19). The van der Waals surface area contributed by atoms with E-state index in [1.54, 1.807) is 0 Å². The Balaban J connectivity index is 1.99. The molecule has 1 aliphatic heterocycles. The van der Waals surface area contributed by atoms with Crippen molar-refractivity contribution in [2.45, 2.75) is 13.0 Å². The first-order chi connectivity index (χ1) is 9.15. The third-order valence-corrected chi connectivity index (χ3v) is 4.04. The highest BCUT2D eigenvalue weighted by Crippen LogP contribution is 2.28. The number of halogens is 1. The van der Waals surface area contributed by atoms with Crippen molar-refractivity contribution in [3.8, 4) is 11.3 Å². The van der Waals surface area contributed by atoms with Gasteiger partial charge in [0.2, 0.25) is 0 Å². The average Bonchev–Trinajstić information content (AvgIpc) is 2.82. The molecule has 2 N–H and O–H groups in total. The monoisotopic (exact) mass is 369 g/mol. The second kappa shape index (κ2) is 4.84. The fourth-order valence-corrected chi connectivity index (χ4v) is 2.66. The van der Waals surface area contributed by atoms with Crippen LogP contribution in [-0.2, 0) is 13.0 Å². The van der Waals surface area contributed by atoms with Crippen LogP contribution in [0.3, 0.4) is 0 Å². The lowest BCUT2D eigenvalue weighted by Gasteiger charge is -2.24. The fraction of sp³-hybridized carbons (Fsp3) is 0.231. The van der Waals surface area contributed by atoms with Crippen LogP contribution in [0.5, 0.6) is 0 Å². The second-order valence-electron chi connectivity index (χ2n) is 4.49. The van der Waals surface area contributed by atoms with E-state index in [0.717, 1.165) is 26.1 Å². The zero-order valence-electron chi connectivity index (χ0n) is 10.1. The zero-order chi connectivity index (χ0) is 13.4. The summed E-state index contributed by atoms with van der Waals surface area (Å²) in [5.74, 6) is 0. The maximum atomic E-state index is 11.1. The van der Waals surface area contributed by atoms with Crippen molar-refractivity contribution in [1.82, 2.24) is 15.1 Å². The minimum Gasteiger partial charge on any atom is -0.465 e. The predicted octanol–water partition coefficient (Wildman–Crippen LogP) is 2.72. The normalized spacial score (nSPS) is 14.3. The highest BCUT2D eigenvalue weighted by molar-refractivity contribution is 14.1. The molecule has 1 aliphatic rings. The van der Waals surface area contributed by atoms with Gasteiger partial charge < -0.3 is 10.0 Å². The van der Waals surface area contributed by atoms with Gasteiger partial charge >= 0.3 is 6.09 Å². The van der Waals surface area contributed by atoms with E-state index in [9.17, 15) is 4.79 Å². The van der Waals surface area contributed by atoms with Gasteiger partial charge in [0.1, 0.15) is 0 Å². The summed E-state index contributed by atoms with van der Waals surface area (Å²) < 4.78 is 1.16. The van der Waals surface area contributed by atoms with Gasteiger partial charge in [0.05, 0.1) is 12.2 Å². The molecule has 1 aromatic carbocycles. The number of fused-ring (bicyclic) bond motifs is 1. The van der Waals surface area contributed by atoms with Crippen LogP contribution in [-0.4, -0.2) is 32.8 Å². The molecule has 98 valence electrons. The van der Waals surface area contributed by atoms with Crippen molar-refractivity contribution in [3.05, 3.63) is 39.1 Å². The van der Waals surface area contributed by atoms with Crippen LogP contribution in [0, 0.1) is 3.57 Å². The quantitative estimate of drug-likeness (QED) is 0.760. The van der Waals surface area contributed by atoms with E-state index < -0.39 is 6.09 Å². The number of carboxylic acid groups (broad SMARTS) is 1. The molecule has 0 saturated carbocycles. The van der Waals surface area contributed by atoms with Crippen LogP contribution in [0.2, 0.25) is 0 Å². The fourth-order valence-electron chi connectivity index (χ4n) is 2.30. The molecule has 0 aliphatic carbocycles. The smallest absolute Gasteiger partial charge is 0.407 e. The maximum absolute atomic E-state index is 11.1. The van der Waals surface area contributed by atoms with E-state index in [1.165, 1.54) is 4.90 Å². The summed E-state index contributed by atoms with van der Waals surface area (Å²) in [5, 5.41) is 16.5. The van der Waals surface area contributed by atoms with Gasteiger partial charge in [0, 0.05) is 33.4 Å². The molecule has 5 nitrogen and oxygen atoms in total. The molecule has 19 heavy (non-hydrogen) atoms. The molecule has 6 heteroatoms. The lowest BCUT2D eigenvalue weighted by atomic mass is 10.0. The van der Waals surface area contributed by atoms with Crippen LogP contribution in [0.15, 0.2) is 24.3 Å². The van der Waals surface area contributed by atoms with Crippen molar-refractivity contribution in [2.75, 3.05) is 6.54 Å². The lowest BCUT2D eigenvalue weighted by Crippen LogP contribution is -2.34. The lowest BCUT2D eigenvalue weighted by molar-refractivity contribution is 0.140. The molecule has 2 aromatic rings. The highest BCUT2D eigenvalue weighted by Gasteiger charge is 2.25. The topological polar surface area (TPSA) is 69.2 Å². The van der Waals surface area contributed by atoms with Crippen molar-refractivity contribution < 1.29 is 9.90 Å². The third-order valence-electron chi connectivity index (χ3n) is 3.32. The maximum Gasteiger partial charge on any atom is 0.407 e. The van der Waals surface area contributed by atoms with E-state index in [2.05, 4.69) is 32.8 Å². The SMILES string of the molecule is O=C(O)N1CCc2[nH]nc(-c3ccc(I)cc3)c2C1. The minimum absolute atomic E-state index is 0.405. The summed E-state index contributed by atoms with van der Waals surface area (Å²) in [6.07, 6.45) is -0.181. The third kappa shape index (κ3) is 2.32. The average molecular weight is 369 g/mol. The molecule has 3 rings (SSSR count). The second-order valence-corrected chi connectivity index (χ2v) is 5.74. The number of nitrogens with zero attached hydrogens (tertiary/aromatic N) is 2. The molecular weight excluding hydrogens is 357 g/mol. The van der Waals surface area contributed by atoms with Crippen molar-refractivity contribution >= 4 is 28.7 Å². The number of nitrogens with one attached hydrogen (secondary N) is 1. The van der Waals surface area contributed by atoms with Gasteiger partial charge in [-0.3, -0.25) is 5.10 Å². The van der Waals surface area contributed by atoms with Crippen LogP contribution in [0.1, 0.15) is 11.3 Å². The number of benzene rings is 1. The highest BCUT2D eigenvalue weighted by atomic mass is 127. The molecule has 2 heterocycles. The molecule has 0 radical (unpaired) electrons. The van der Waals surface area contributed by atoms with E-state index in [1.807, 2.05) is 24.3 Å². The summed E-state index contributed by atoms with van der Waals surface area (Å²) in [4.78, 5) is 12.5. The Morgan fingerprint density at radius 3 is 2.79 bits per heavy atom. The van der Waals surface area contributed by atoms with Crippen molar-refractivity contribution in [2.24, 2.45) is 0 Å². The molecule has 0 fully saturated rings. The van der Waals surface area contributed by atoms with E-state index >= 15 is 0 Å². The molecule has 0 spiro atoms. The largest absolute Gasteiger partial charge is 0.465 e. The van der Waals surface area contributed by atoms with Gasteiger partial charge in [-0.1, -0.05) is 12.1 Å². The molecule has 0 atom stereocenters. The minimum atomic E-state index is -0.875. The van der Waals surface area contributed by atoms with Crippen LogP contribution in [0.25, 0.3) is 11.3 Å². The molecule has 0 bridgehead atoms. The Hall–Kier alpha value is -1.57. The summed E-state index contributed by atoms with van der Waals surface area (Å²) >= 11 is 2.26. The Morgan fingerprint density at radius 2 is 2.11 bits per heavy atom. The van der Waals surface area contributed by atoms with E-state index in [-0.39, 0.29) is 0 Å². The summed E-state index contributed by atoms with van der Waals surface area (Å²) in [6.45, 7) is 0.930. The van der Waals surface area contributed by atoms with Gasteiger partial charge in [-0.25, -0.2) is 4.79 Å². The first kappa shape index (κ1) is 12.5. The number of aromatic nitrogens is 2. The first-order valence-electron chi connectivity index (χ1n) is 5.95. The van der Waals surface area contributed by atoms with Gasteiger partial charge in [0.15, 0.2) is 0 Å². The van der Waals surface area contributed by atoms with Crippen molar-refractivity contribution in [3.63, 3.8) is 0 Å².